The summed E-state index contributed by atoms with van der Waals surface area (Å²) in [7, 11) is -1.17. The van der Waals surface area contributed by atoms with Crippen LogP contribution in [0.1, 0.15) is 18.4 Å². The molecule has 3 rings (SSSR count). The summed E-state index contributed by atoms with van der Waals surface area (Å²) in [5, 5.41) is 0. The number of piperidine rings is 1. The molecule has 0 N–H and O–H groups in total. The van der Waals surface area contributed by atoms with Crippen molar-refractivity contribution in [3.63, 3.8) is 0 Å². The average Bonchev–Trinajstić information content (AvgIpc) is 2.56. The van der Waals surface area contributed by atoms with E-state index in [1.807, 2.05) is 19.1 Å². The molecule has 23 heavy (non-hydrogen) atoms. The van der Waals surface area contributed by atoms with Crippen molar-refractivity contribution in [2.75, 3.05) is 46.3 Å². The van der Waals surface area contributed by atoms with Crippen LogP contribution in [0.2, 0.25) is 0 Å². The fourth-order valence-electron chi connectivity index (χ4n) is 3.53. The van der Waals surface area contributed by atoms with Crippen molar-refractivity contribution in [1.29, 1.82) is 0 Å². The Morgan fingerprint density at radius 3 is 2.04 bits per heavy atom. The standard InChI is InChI=1S/C17H27N3O2S/c1-15-3-5-17(6-4-15)23(21,22)20-13-11-19(12-14-20)16-7-9-18(2)10-8-16/h3-6,16H,7-14H2,1-2H3. The monoisotopic (exact) mass is 337 g/mol. The highest BCUT2D eigenvalue weighted by atomic mass is 32.2. The molecule has 2 aliphatic heterocycles. The lowest BCUT2D eigenvalue weighted by molar-refractivity contribution is 0.0892. The maximum Gasteiger partial charge on any atom is 0.243 e. The van der Waals surface area contributed by atoms with Crippen molar-refractivity contribution in [2.24, 2.45) is 0 Å². The maximum absolute atomic E-state index is 12.7. The van der Waals surface area contributed by atoms with E-state index in [0.717, 1.165) is 31.7 Å². The highest BCUT2D eigenvalue weighted by Gasteiger charge is 2.31. The number of benzene rings is 1. The molecule has 0 aliphatic carbocycles. The molecular weight excluding hydrogens is 310 g/mol. The second kappa shape index (κ2) is 6.89. The zero-order chi connectivity index (χ0) is 16.4. The molecule has 0 aromatic heterocycles. The van der Waals surface area contributed by atoms with Gasteiger partial charge in [-0.1, -0.05) is 17.7 Å². The minimum absolute atomic E-state index is 0.413. The number of aryl methyl sites for hydroxylation is 1. The van der Waals surface area contributed by atoms with E-state index in [1.165, 1.54) is 12.8 Å². The predicted octanol–water partition coefficient (Wildman–Crippen LogP) is 1.40. The van der Waals surface area contributed by atoms with Crippen LogP contribution < -0.4 is 0 Å². The number of likely N-dealkylation sites (tertiary alicyclic amines) is 1. The van der Waals surface area contributed by atoms with Gasteiger partial charge in [-0.15, -0.1) is 0 Å². The molecule has 0 bridgehead atoms. The Bertz CT molecular complexity index is 614. The second-order valence-corrected chi connectivity index (χ2v) is 8.73. The van der Waals surface area contributed by atoms with Gasteiger partial charge in [-0.05, 0) is 52.0 Å². The SMILES string of the molecule is Cc1ccc(S(=O)(=O)N2CCN(C3CCN(C)CC3)CC2)cc1. The lowest BCUT2D eigenvalue weighted by Gasteiger charge is -2.41. The van der Waals surface area contributed by atoms with Crippen LogP contribution in [0.3, 0.4) is 0 Å². The van der Waals surface area contributed by atoms with Crippen LogP contribution in [0.4, 0.5) is 0 Å². The van der Waals surface area contributed by atoms with Crippen LogP contribution in [0.5, 0.6) is 0 Å². The smallest absolute Gasteiger partial charge is 0.243 e. The lowest BCUT2D eigenvalue weighted by Crippen LogP contribution is -2.53. The molecule has 0 atom stereocenters. The lowest BCUT2D eigenvalue weighted by atomic mass is 10.0. The molecule has 0 saturated carbocycles. The second-order valence-electron chi connectivity index (χ2n) is 6.79. The first kappa shape index (κ1) is 16.9. The minimum Gasteiger partial charge on any atom is -0.306 e. The highest BCUT2D eigenvalue weighted by Crippen LogP contribution is 2.21. The maximum atomic E-state index is 12.7. The van der Waals surface area contributed by atoms with Crippen molar-refractivity contribution >= 4 is 10.0 Å². The summed E-state index contributed by atoms with van der Waals surface area (Å²) in [4.78, 5) is 5.26. The molecule has 2 saturated heterocycles. The first-order valence-electron chi connectivity index (χ1n) is 8.46. The van der Waals surface area contributed by atoms with E-state index >= 15 is 0 Å². The van der Waals surface area contributed by atoms with Gasteiger partial charge in [0.2, 0.25) is 10.0 Å². The Morgan fingerprint density at radius 2 is 1.48 bits per heavy atom. The third kappa shape index (κ3) is 3.76. The van der Waals surface area contributed by atoms with Crippen LogP contribution in [-0.2, 0) is 10.0 Å². The fraction of sp³-hybridized carbons (Fsp3) is 0.647. The summed E-state index contributed by atoms with van der Waals surface area (Å²) in [6.45, 7) is 7.15. The van der Waals surface area contributed by atoms with Crippen molar-refractivity contribution in [1.82, 2.24) is 14.1 Å². The molecule has 5 nitrogen and oxygen atoms in total. The highest BCUT2D eigenvalue weighted by molar-refractivity contribution is 7.89. The summed E-state index contributed by atoms with van der Waals surface area (Å²) < 4.78 is 27.1. The number of sulfonamides is 1. The normalized spacial score (nSPS) is 23.2. The number of nitrogens with zero attached hydrogens (tertiary/aromatic N) is 3. The van der Waals surface area contributed by atoms with Gasteiger partial charge < -0.3 is 4.90 Å². The van der Waals surface area contributed by atoms with Crippen molar-refractivity contribution in [3.05, 3.63) is 29.8 Å². The number of rotatable bonds is 3. The van der Waals surface area contributed by atoms with Crippen LogP contribution in [0.15, 0.2) is 29.2 Å². The van der Waals surface area contributed by atoms with Crippen LogP contribution in [0.25, 0.3) is 0 Å². The van der Waals surface area contributed by atoms with Crippen LogP contribution in [-0.4, -0.2) is 74.9 Å². The van der Waals surface area contributed by atoms with Gasteiger partial charge in [-0.2, -0.15) is 4.31 Å². The molecule has 0 unspecified atom stereocenters. The van der Waals surface area contributed by atoms with Gasteiger partial charge in [0.15, 0.2) is 0 Å². The Morgan fingerprint density at radius 1 is 0.913 bits per heavy atom. The minimum atomic E-state index is -3.34. The first-order valence-corrected chi connectivity index (χ1v) is 9.90. The summed E-state index contributed by atoms with van der Waals surface area (Å²) in [6, 6.07) is 7.78. The molecule has 0 radical (unpaired) electrons. The summed E-state index contributed by atoms with van der Waals surface area (Å²) in [6.07, 6.45) is 2.39. The molecular formula is C17H27N3O2S. The molecule has 128 valence electrons. The van der Waals surface area contributed by atoms with Gasteiger partial charge in [0.25, 0.3) is 0 Å². The topological polar surface area (TPSA) is 43.9 Å². The van der Waals surface area contributed by atoms with Gasteiger partial charge in [-0.25, -0.2) is 8.42 Å². The van der Waals surface area contributed by atoms with Crippen LogP contribution in [0, 0.1) is 6.92 Å². The quantitative estimate of drug-likeness (QED) is 0.836. The van der Waals surface area contributed by atoms with E-state index in [2.05, 4.69) is 16.8 Å². The zero-order valence-electron chi connectivity index (χ0n) is 14.1. The van der Waals surface area contributed by atoms with Crippen molar-refractivity contribution < 1.29 is 8.42 Å². The zero-order valence-corrected chi connectivity index (χ0v) is 14.9. The van der Waals surface area contributed by atoms with Gasteiger partial charge in [-0.3, -0.25) is 4.90 Å². The predicted molar refractivity (Wildman–Crippen MR) is 92.0 cm³/mol. The molecule has 6 heteroatoms. The summed E-state index contributed by atoms with van der Waals surface area (Å²) in [5.41, 5.74) is 1.08. The average molecular weight is 337 g/mol. The third-order valence-corrected chi connectivity index (χ3v) is 7.05. The van der Waals surface area contributed by atoms with Gasteiger partial charge in [0, 0.05) is 32.2 Å². The first-order chi connectivity index (χ1) is 11.0. The number of piperazine rings is 1. The molecule has 1 aromatic carbocycles. The molecule has 1 aromatic rings. The van der Waals surface area contributed by atoms with Gasteiger partial charge in [0.05, 0.1) is 4.90 Å². The van der Waals surface area contributed by atoms with Crippen molar-refractivity contribution in [2.45, 2.75) is 30.7 Å². The molecule has 2 fully saturated rings. The molecule has 2 aliphatic rings. The van der Waals surface area contributed by atoms with Crippen molar-refractivity contribution in [3.8, 4) is 0 Å². The van der Waals surface area contributed by atoms with E-state index in [1.54, 1.807) is 16.4 Å². The Hall–Kier alpha value is -0.950. The summed E-state index contributed by atoms with van der Waals surface area (Å²) in [5.74, 6) is 0. The largest absolute Gasteiger partial charge is 0.306 e. The van der Waals surface area contributed by atoms with E-state index in [0.29, 0.717) is 24.0 Å². The van der Waals surface area contributed by atoms with E-state index in [-0.39, 0.29) is 0 Å². The molecule has 0 spiro atoms. The number of hydrogen-bond donors (Lipinski definition) is 0. The van der Waals surface area contributed by atoms with Crippen LogP contribution >= 0.6 is 0 Å². The Kier molecular flexibility index (Phi) is 5.06. The Labute approximate surface area is 139 Å². The number of hydrogen-bond acceptors (Lipinski definition) is 4. The third-order valence-electron chi connectivity index (χ3n) is 5.14. The van der Waals surface area contributed by atoms with E-state index in [4.69, 9.17) is 0 Å². The van der Waals surface area contributed by atoms with Gasteiger partial charge in [0.1, 0.15) is 0 Å². The van der Waals surface area contributed by atoms with E-state index in [9.17, 15) is 8.42 Å². The molecule has 2 heterocycles. The fourth-order valence-corrected chi connectivity index (χ4v) is 4.95. The van der Waals surface area contributed by atoms with E-state index < -0.39 is 10.0 Å². The summed E-state index contributed by atoms with van der Waals surface area (Å²) >= 11 is 0. The Balaban J connectivity index is 1.61. The van der Waals surface area contributed by atoms with Gasteiger partial charge >= 0.3 is 0 Å². The molecule has 0 amide bonds.